The Morgan fingerprint density at radius 2 is 2.11 bits per heavy atom. The van der Waals surface area contributed by atoms with Crippen LogP contribution < -0.4 is 5.32 Å². The molecule has 1 aliphatic heterocycles. The number of urea groups is 1. The van der Waals surface area contributed by atoms with Gasteiger partial charge in [0, 0.05) is 26.6 Å². The van der Waals surface area contributed by atoms with Gasteiger partial charge in [-0.05, 0) is 0 Å². The Morgan fingerprint density at radius 1 is 1.37 bits per heavy atom. The topological polar surface area (TPSA) is 108 Å². The van der Waals surface area contributed by atoms with Crippen LogP contribution in [-0.2, 0) is 14.3 Å². The van der Waals surface area contributed by atoms with Crippen molar-refractivity contribution in [3.8, 4) is 0 Å². The fourth-order valence-corrected chi connectivity index (χ4v) is 1.85. The number of hydrogen-bond donors (Lipinski definition) is 3. The number of methoxy groups -OCH3 is 1. The number of aliphatic carboxylic acids is 1. The number of rotatable bonds is 7. The van der Waals surface area contributed by atoms with Crippen LogP contribution in [0.4, 0.5) is 4.79 Å². The molecule has 1 aliphatic rings. The van der Waals surface area contributed by atoms with Gasteiger partial charge in [0.1, 0.15) is 6.04 Å². The summed E-state index contributed by atoms with van der Waals surface area (Å²) in [6.07, 6.45) is -0.725. The number of carboxylic acid groups (broad SMARTS) is 1. The minimum Gasteiger partial charge on any atom is -0.480 e. The normalized spacial score (nSPS) is 22.5. The highest BCUT2D eigenvalue weighted by Gasteiger charge is 2.38. The van der Waals surface area contributed by atoms with E-state index in [-0.39, 0.29) is 19.5 Å². The summed E-state index contributed by atoms with van der Waals surface area (Å²) < 4.78 is 9.95. The maximum Gasteiger partial charge on any atom is 0.326 e. The fraction of sp³-hybridized carbons (Fsp3) is 0.818. The maximum atomic E-state index is 11.8. The van der Waals surface area contributed by atoms with E-state index >= 15 is 0 Å². The van der Waals surface area contributed by atoms with E-state index in [1.54, 1.807) is 7.11 Å². The highest BCUT2D eigenvalue weighted by molar-refractivity contribution is 5.83. The zero-order valence-electron chi connectivity index (χ0n) is 10.9. The average Bonchev–Trinajstić information content (AvgIpc) is 2.76. The first-order valence-corrected chi connectivity index (χ1v) is 6.08. The molecule has 0 aromatic carbocycles. The van der Waals surface area contributed by atoms with E-state index in [1.165, 1.54) is 0 Å². The summed E-state index contributed by atoms with van der Waals surface area (Å²) in [5.41, 5.74) is 0. The molecular formula is C11H20N2O6. The van der Waals surface area contributed by atoms with Crippen LogP contribution in [0.1, 0.15) is 6.42 Å². The lowest BCUT2D eigenvalue weighted by Gasteiger charge is -2.21. The van der Waals surface area contributed by atoms with E-state index in [2.05, 4.69) is 5.32 Å². The van der Waals surface area contributed by atoms with E-state index in [0.29, 0.717) is 19.8 Å². The van der Waals surface area contributed by atoms with Crippen molar-refractivity contribution in [3.05, 3.63) is 0 Å². The molecule has 0 aromatic heterocycles. The molecule has 3 N–H and O–H groups in total. The third-order valence-electron chi connectivity index (χ3n) is 2.78. The standard InChI is InChI=1S/C11H20N2O6/c1-18-4-5-19-3-2-12-11(17)13-7-8(14)6-9(13)10(15)16/h8-9,14H,2-7H2,1H3,(H,12,17)(H,15,16)/t8-,9-/m1/s1. The second-order valence-electron chi connectivity index (χ2n) is 4.23. The molecule has 2 atom stereocenters. The molecular weight excluding hydrogens is 256 g/mol. The molecule has 8 nitrogen and oxygen atoms in total. The summed E-state index contributed by atoms with van der Waals surface area (Å²) in [6, 6.07) is -1.47. The number of aliphatic hydroxyl groups excluding tert-OH is 1. The molecule has 1 rings (SSSR count). The molecule has 19 heavy (non-hydrogen) atoms. The van der Waals surface area contributed by atoms with Crippen molar-refractivity contribution in [1.82, 2.24) is 10.2 Å². The van der Waals surface area contributed by atoms with Crippen LogP contribution >= 0.6 is 0 Å². The van der Waals surface area contributed by atoms with E-state index in [9.17, 15) is 14.7 Å². The van der Waals surface area contributed by atoms with Crippen LogP contribution in [0, 0.1) is 0 Å². The van der Waals surface area contributed by atoms with E-state index in [1.807, 2.05) is 0 Å². The Morgan fingerprint density at radius 3 is 2.74 bits per heavy atom. The smallest absolute Gasteiger partial charge is 0.326 e. The van der Waals surface area contributed by atoms with Gasteiger partial charge >= 0.3 is 12.0 Å². The number of ether oxygens (including phenoxy) is 2. The molecule has 1 heterocycles. The summed E-state index contributed by atoms with van der Waals surface area (Å²) in [6.45, 7) is 1.55. The fourth-order valence-electron chi connectivity index (χ4n) is 1.85. The molecule has 2 amide bonds. The van der Waals surface area contributed by atoms with Crippen LogP contribution in [0.25, 0.3) is 0 Å². The van der Waals surface area contributed by atoms with Crippen LogP contribution in [0.15, 0.2) is 0 Å². The molecule has 0 aromatic rings. The number of nitrogens with zero attached hydrogens (tertiary/aromatic N) is 1. The van der Waals surface area contributed by atoms with Crippen molar-refractivity contribution in [2.24, 2.45) is 0 Å². The number of carbonyl (C=O) groups is 2. The van der Waals surface area contributed by atoms with Gasteiger partial charge in [0.05, 0.1) is 25.9 Å². The maximum absolute atomic E-state index is 11.8. The Labute approximate surface area is 111 Å². The van der Waals surface area contributed by atoms with E-state index in [4.69, 9.17) is 14.6 Å². The third kappa shape index (κ3) is 5.01. The molecule has 8 heteroatoms. The van der Waals surface area contributed by atoms with Crippen LogP contribution in [0.3, 0.4) is 0 Å². The molecule has 0 radical (unpaired) electrons. The summed E-state index contributed by atoms with van der Waals surface area (Å²) >= 11 is 0. The first kappa shape index (κ1) is 15.7. The molecule has 0 bridgehead atoms. The minimum atomic E-state index is -1.11. The summed E-state index contributed by atoms with van der Waals surface area (Å²) in [4.78, 5) is 23.8. The predicted octanol–water partition coefficient (Wildman–Crippen LogP) is -1.12. The molecule has 1 fully saturated rings. The third-order valence-corrected chi connectivity index (χ3v) is 2.78. The molecule has 0 saturated carbocycles. The average molecular weight is 276 g/mol. The first-order valence-electron chi connectivity index (χ1n) is 6.08. The van der Waals surface area contributed by atoms with E-state index in [0.717, 1.165) is 4.90 Å². The lowest BCUT2D eigenvalue weighted by Crippen LogP contribution is -2.46. The van der Waals surface area contributed by atoms with Crippen LogP contribution in [0.5, 0.6) is 0 Å². The van der Waals surface area contributed by atoms with Gasteiger partial charge in [0.25, 0.3) is 0 Å². The Hall–Kier alpha value is -1.38. The number of carbonyl (C=O) groups excluding carboxylic acids is 1. The number of nitrogens with one attached hydrogen (secondary N) is 1. The van der Waals surface area contributed by atoms with Crippen LogP contribution in [-0.4, -0.2) is 79.3 Å². The summed E-state index contributed by atoms with van der Waals surface area (Å²) in [5, 5.41) is 20.9. The van der Waals surface area contributed by atoms with Gasteiger partial charge in [-0.15, -0.1) is 0 Å². The molecule has 1 saturated heterocycles. The number of hydrogen-bond acceptors (Lipinski definition) is 5. The highest BCUT2D eigenvalue weighted by atomic mass is 16.5. The predicted molar refractivity (Wildman–Crippen MR) is 64.8 cm³/mol. The van der Waals surface area contributed by atoms with Crippen molar-refractivity contribution in [1.29, 1.82) is 0 Å². The zero-order valence-corrected chi connectivity index (χ0v) is 10.9. The van der Waals surface area contributed by atoms with Crippen molar-refractivity contribution in [2.45, 2.75) is 18.6 Å². The van der Waals surface area contributed by atoms with Crippen molar-refractivity contribution >= 4 is 12.0 Å². The van der Waals surface area contributed by atoms with Crippen molar-refractivity contribution < 1.29 is 29.3 Å². The largest absolute Gasteiger partial charge is 0.480 e. The van der Waals surface area contributed by atoms with E-state index < -0.39 is 24.1 Å². The van der Waals surface area contributed by atoms with Crippen molar-refractivity contribution in [3.63, 3.8) is 0 Å². The van der Waals surface area contributed by atoms with Gasteiger partial charge in [-0.3, -0.25) is 0 Å². The minimum absolute atomic E-state index is 0.0351. The Kier molecular flexibility index (Phi) is 6.54. The second kappa shape index (κ2) is 7.93. The van der Waals surface area contributed by atoms with Gasteiger partial charge in [-0.2, -0.15) is 0 Å². The number of β-amino-alcohol motifs (C(OH)–C–C–N with tert-alkyl or cyclic N) is 1. The Balaban J connectivity index is 2.26. The quantitative estimate of drug-likeness (QED) is 0.508. The first-order chi connectivity index (χ1) is 9.06. The second-order valence-corrected chi connectivity index (χ2v) is 4.23. The number of amides is 2. The van der Waals surface area contributed by atoms with Gasteiger partial charge in [-0.1, -0.05) is 0 Å². The Bertz CT molecular complexity index is 312. The zero-order chi connectivity index (χ0) is 14.3. The van der Waals surface area contributed by atoms with Gasteiger partial charge in [0.2, 0.25) is 0 Å². The summed E-state index contributed by atoms with van der Waals surface area (Å²) in [7, 11) is 1.57. The monoisotopic (exact) mass is 276 g/mol. The van der Waals surface area contributed by atoms with Crippen LogP contribution in [0.2, 0.25) is 0 Å². The molecule has 0 spiro atoms. The summed E-state index contributed by atoms with van der Waals surface area (Å²) in [5.74, 6) is -1.11. The number of carboxylic acids is 1. The number of likely N-dealkylation sites (tertiary alicyclic amines) is 1. The molecule has 110 valence electrons. The van der Waals surface area contributed by atoms with Gasteiger partial charge in [-0.25, -0.2) is 9.59 Å². The molecule has 0 aliphatic carbocycles. The SMILES string of the molecule is COCCOCCNC(=O)N1C[C@H](O)C[C@@H]1C(=O)O. The highest BCUT2D eigenvalue weighted by Crippen LogP contribution is 2.17. The van der Waals surface area contributed by atoms with Gasteiger partial charge in [0.15, 0.2) is 0 Å². The van der Waals surface area contributed by atoms with Crippen molar-refractivity contribution in [2.75, 3.05) is 40.0 Å². The molecule has 0 unspecified atom stereocenters. The lowest BCUT2D eigenvalue weighted by atomic mass is 10.2. The number of aliphatic hydroxyl groups is 1. The lowest BCUT2D eigenvalue weighted by molar-refractivity contribution is -0.141. The van der Waals surface area contributed by atoms with Gasteiger partial charge < -0.3 is 29.9 Å².